The third-order valence-corrected chi connectivity index (χ3v) is 3.13. The van der Waals surface area contributed by atoms with Crippen molar-refractivity contribution < 1.29 is 0 Å². The summed E-state index contributed by atoms with van der Waals surface area (Å²) in [5, 5.41) is 0. The molecule has 60 valence electrons. The van der Waals surface area contributed by atoms with Gasteiger partial charge in [0.05, 0.1) is 0 Å². The van der Waals surface area contributed by atoms with Crippen molar-refractivity contribution in [3.63, 3.8) is 0 Å². The largest absolute Gasteiger partial charge is 0.122 e. The van der Waals surface area contributed by atoms with Gasteiger partial charge in [-0.15, -0.1) is 11.6 Å². The molecule has 0 bridgehead atoms. The van der Waals surface area contributed by atoms with Crippen molar-refractivity contribution in [2.24, 2.45) is 0 Å². The lowest BCUT2D eigenvalue weighted by atomic mass is 10.1. The van der Waals surface area contributed by atoms with Crippen LogP contribution < -0.4 is 0 Å². The number of benzene rings is 1. The molecule has 0 nitrogen and oxygen atoms in total. The highest BCUT2D eigenvalue weighted by Gasteiger charge is 2.02. The zero-order chi connectivity index (χ0) is 8.43. The van der Waals surface area contributed by atoms with Crippen LogP contribution in [0.1, 0.15) is 11.1 Å². The van der Waals surface area contributed by atoms with Crippen LogP contribution >= 0.6 is 43.5 Å². The minimum absolute atomic E-state index is 0.559. The maximum Gasteiger partial charge on any atom is 0.0477 e. The van der Waals surface area contributed by atoms with E-state index in [-0.39, 0.29) is 0 Å². The molecule has 0 spiro atoms. The molecule has 3 heteroatoms. The van der Waals surface area contributed by atoms with Gasteiger partial charge in [-0.2, -0.15) is 0 Å². The number of alkyl halides is 1. The van der Waals surface area contributed by atoms with Crippen LogP contribution in [0.3, 0.4) is 0 Å². The van der Waals surface area contributed by atoms with Gasteiger partial charge in [0.25, 0.3) is 0 Å². The summed E-state index contributed by atoms with van der Waals surface area (Å²) in [6.45, 7) is 2.05. The second-order valence-electron chi connectivity index (χ2n) is 2.31. The second-order valence-corrected chi connectivity index (χ2v) is 4.34. The fraction of sp³-hybridized carbons (Fsp3) is 0.250. The van der Waals surface area contributed by atoms with Crippen LogP contribution in [0.15, 0.2) is 21.1 Å². The molecule has 0 N–H and O–H groups in total. The molecule has 0 atom stereocenters. The molecule has 0 amide bonds. The van der Waals surface area contributed by atoms with Crippen molar-refractivity contribution in [2.75, 3.05) is 0 Å². The predicted molar refractivity (Wildman–Crippen MR) is 56.1 cm³/mol. The highest BCUT2D eigenvalue weighted by atomic mass is 79.9. The molecule has 0 heterocycles. The van der Waals surface area contributed by atoms with Gasteiger partial charge in [-0.3, -0.25) is 0 Å². The maximum absolute atomic E-state index is 5.73. The topological polar surface area (TPSA) is 0 Å². The third kappa shape index (κ3) is 2.20. The summed E-state index contributed by atoms with van der Waals surface area (Å²) in [5.41, 5.74) is 2.37. The molecule has 0 unspecified atom stereocenters. The van der Waals surface area contributed by atoms with E-state index in [4.69, 9.17) is 11.6 Å². The van der Waals surface area contributed by atoms with Gasteiger partial charge >= 0.3 is 0 Å². The average Bonchev–Trinajstić information content (AvgIpc) is 1.96. The van der Waals surface area contributed by atoms with Gasteiger partial charge in [-0.1, -0.05) is 31.9 Å². The van der Waals surface area contributed by atoms with Gasteiger partial charge in [0.1, 0.15) is 0 Å². The van der Waals surface area contributed by atoms with Gasteiger partial charge in [0.2, 0.25) is 0 Å². The van der Waals surface area contributed by atoms with Crippen LogP contribution in [0.25, 0.3) is 0 Å². The van der Waals surface area contributed by atoms with Crippen LogP contribution in [-0.4, -0.2) is 0 Å². The third-order valence-electron chi connectivity index (χ3n) is 1.56. The Morgan fingerprint density at radius 1 is 1.36 bits per heavy atom. The van der Waals surface area contributed by atoms with Crippen molar-refractivity contribution in [3.05, 3.63) is 32.2 Å². The van der Waals surface area contributed by atoms with E-state index in [0.29, 0.717) is 5.88 Å². The lowest BCUT2D eigenvalue weighted by Gasteiger charge is -2.04. The number of rotatable bonds is 1. The van der Waals surface area contributed by atoms with Crippen LogP contribution in [-0.2, 0) is 5.88 Å². The van der Waals surface area contributed by atoms with Crippen LogP contribution in [0.5, 0.6) is 0 Å². The zero-order valence-electron chi connectivity index (χ0n) is 6.00. The quantitative estimate of drug-likeness (QED) is 0.680. The van der Waals surface area contributed by atoms with E-state index in [9.17, 15) is 0 Å². The Kier molecular flexibility index (Phi) is 3.41. The van der Waals surface area contributed by atoms with Crippen LogP contribution in [0, 0.1) is 6.92 Å². The van der Waals surface area contributed by atoms with E-state index >= 15 is 0 Å². The Bertz CT molecular complexity index is 271. The molecule has 0 fully saturated rings. The molecule has 0 saturated heterocycles. The summed E-state index contributed by atoms with van der Waals surface area (Å²) < 4.78 is 2.16. The normalized spacial score (nSPS) is 10.2. The van der Waals surface area contributed by atoms with Crippen molar-refractivity contribution >= 4 is 43.5 Å². The molecule has 0 aliphatic heterocycles. The highest BCUT2D eigenvalue weighted by molar-refractivity contribution is 9.11. The van der Waals surface area contributed by atoms with Gasteiger partial charge < -0.3 is 0 Å². The lowest BCUT2D eigenvalue weighted by Crippen LogP contribution is -1.85. The van der Waals surface area contributed by atoms with E-state index < -0.39 is 0 Å². The van der Waals surface area contributed by atoms with Gasteiger partial charge in [0.15, 0.2) is 0 Å². The van der Waals surface area contributed by atoms with Gasteiger partial charge in [-0.25, -0.2) is 0 Å². The highest BCUT2D eigenvalue weighted by Crippen LogP contribution is 2.26. The first-order valence-electron chi connectivity index (χ1n) is 3.15. The first kappa shape index (κ1) is 9.56. The Morgan fingerprint density at radius 3 is 2.55 bits per heavy atom. The zero-order valence-corrected chi connectivity index (χ0v) is 9.92. The molecule has 0 aromatic heterocycles. The number of hydrogen-bond donors (Lipinski definition) is 0. The van der Waals surface area contributed by atoms with Crippen molar-refractivity contribution in [3.8, 4) is 0 Å². The van der Waals surface area contributed by atoms with Crippen molar-refractivity contribution in [1.82, 2.24) is 0 Å². The van der Waals surface area contributed by atoms with Gasteiger partial charge in [-0.05, 0) is 30.2 Å². The second kappa shape index (κ2) is 3.92. The molecule has 1 aromatic carbocycles. The summed E-state index contributed by atoms with van der Waals surface area (Å²) in [5.74, 6) is 0.559. The van der Waals surface area contributed by atoms with E-state index in [0.717, 1.165) is 14.5 Å². The molecule has 0 saturated carbocycles. The van der Waals surface area contributed by atoms with E-state index in [1.807, 2.05) is 19.1 Å². The molecule has 0 aliphatic carbocycles. The first-order valence-corrected chi connectivity index (χ1v) is 5.27. The van der Waals surface area contributed by atoms with Crippen LogP contribution in [0.2, 0.25) is 0 Å². The lowest BCUT2D eigenvalue weighted by molar-refractivity contribution is 1.27. The predicted octanol–water partition coefficient (Wildman–Crippen LogP) is 4.26. The fourth-order valence-electron chi connectivity index (χ4n) is 0.838. The van der Waals surface area contributed by atoms with E-state index in [1.54, 1.807) is 0 Å². The Labute approximate surface area is 88.2 Å². The molecular weight excluding hydrogens is 291 g/mol. The summed E-state index contributed by atoms with van der Waals surface area (Å²) in [4.78, 5) is 0. The van der Waals surface area contributed by atoms with E-state index in [2.05, 4.69) is 31.9 Å². The summed E-state index contributed by atoms with van der Waals surface area (Å²) >= 11 is 12.6. The van der Waals surface area contributed by atoms with Crippen LogP contribution in [0.4, 0.5) is 0 Å². The minimum atomic E-state index is 0.559. The summed E-state index contributed by atoms with van der Waals surface area (Å²) in [6.07, 6.45) is 0. The Balaban J connectivity index is 3.24. The SMILES string of the molecule is Cc1c(Br)cc(Br)cc1CCl. The molecule has 1 rings (SSSR count). The van der Waals surface area contributed by atoms with Gasteiger partial charge in [0, 0.05) is 14.8 Å². The summed E-state index contributed by atoms with van der Waals surface area (Å²) in [6, 6.07) is 4.05. The standard InChI is InChI=1S/C8H7Br2Cl/c1-5-6(4-11)2-7(9)3-8(5)10/h2-3H,4H2,1H3. The van der Waals surface area contributed by atoms with Crippen molar-refractivity contribution in [1.29, 1.82) is 0 Å². The number of halogens is 3. The minimum Gasteiger partial charge on any atom is -0.122 e. The fourth-order valence-corrected chi connectivity index (χ4v) is 2.43. The smallest absolute Gasteiger partial charge is 0.0477 e. The Morgan fingerprint density at radius 2 is 2.00 bits per heavy atom. The molecule has 1 aromatic rings. The summed E-state index contributed by atoms with van der Waals surface area (Å²) in [7, 11) is 0. The molecular formula is C8H7Br2Cl. The molecule has 11 heavy (non-hydrogen) atoms. The monoisotopic (exact) mass is 296 g/mol. The molecule has 0 aliphatic rings. The number of hydrogen-bond acceptors (Lipinski definition) is 0. The maximum atomic E-state index is 5.73. The van der Waals surface area contributed by atoms with E-state index in [1.165, 1.54) is 5.56 Å². The molecule has 0 radical (unpaired) electrons. The van der Waals surface area contributed by atoms with Crippen molar-refractivity contribution in [2.45, 2.75) is 12.8 Å². The Hall–Kier alpha value is 0.470. The first-order chi connectivity index (χ1) is 5.15. The average molecular weight is 298 g/mol.